The summed E-state index contributed by atoms with van der Waals surface area (Å²) in [4.78, 5) is 0.436. The van der Waals surface area contributed by atoms with Crippen LogP contribution in [0.1, 0.15) is 29.5 Å². The van der Waals surface area contributed by atoms with Crippen LogP contribution in [0.5, 0.6) is 5.88 Å². The van der Waals surface area contributed by atoms with Crippen LogP contribution in [0.15, 0.2) is 35.4 Å². The van der Waals surface area contributed by atoms with Crippen LogP contribution in [0.4, 0.5) is 0 Å². The molecule has 0 spiro atoms. The van der Waals surface area contributed by atoms with Crippen molar-refractivity contribution in [1.29, 1.82) is 0 Å². The fourth-order valence-electron chi connectivity index (χ4n) is 3.41. The van der Waals surface area contributed by atoms with E-state index in [9.17, 15) is 8.42 Å². The van der Waals surface area contributed by atoms with Gasteiger partial charge in [-0.1, -0.05) is 17.7 Å². The van der Waals surface area contributed by atoms with Crippen LogP contribution >= 0.6 is 0 Å². The Morgan fingerprint density at radius 3 is 2.32 bits per heavy atom. The first-order chi connectivity index (χ1) is 11.9. The zero-order valence-corrected chi connectivity index (χ0v) is 15.6. The summed E-state index contributed by atoms with van der Waals surface area (Å²) in [5.41, 5.74) is 2.68. The van der Waals surface area contributed by atoms with Gasteiger partial charge in [0, 0.05) is 25.4 Å². The summed E-state index contributed by atoms with van der Waals surface area (Å²) in [5.74, 6) is 0.481. The Morgan fingerprint density at radius 2 is 1.76 bits per heavy atom. The van der Waals surface area contributed by atoms with E-state index in [-0.39, 0.29) is 6.10 Å². The van der Waals surface area contributed by atoms with Gasteiger partial charge in [-0.3, -0.25) is 0 Å². The van der Waals surface area contributed by atoms with Crippen molar-refractivity contribution >= 4 is 10.0 Å². The molecule has 134 valence electrons. The maximum absolute atomic E-state index is 13.1. The second-order valence-corrected chi connectivity index (χ2v) is 8.39. The normalized spacial score (nSPS) is 16.8. The fraction of sp³-hybridized carbons (Fsp3) is 0.444. The Balaban J connectivity index is 1.72. The van der Waals surface area contributed by atoms with Gasteiger partial charge < -0.3 is 4.74 Å². The summed E-state index contributed by atoms with van der Waals surface area (Å²) in [5, 5.41) is 7.70. The number of aryl methyl sites for hydroxylation is 3. The number of rotatable bonds is 4. The van der Waals surface area contributed by atoms with Crippen molar-refractivity contribution in [3.05, 3.63) is 47.2 Å². The molecule has 2 heterocycles. The summed E-state index contributed by atoms with van der Waals surface area (Å²) < 4.78 is 33.5. The third kappa shape index (κ3) is 3.82. The molecule has 3 rings (SSSR count). The van der Waals surface area contributed by atoms with Gasteiger partial charge in [-0.25, -0.2) is 8.42 Å². The van der Waals surface area contributed by atoms with Crippen LogP contribution in [0, 0.1) is 20.8 Å². The van der Waals surface area contributed by atoms with E-state index in [1.807, 2.05) is 32.9 Å². The van der Waals surface area contributed by atoms with Gasteiger partial charge in [-0.05, 0) is 50.8 Å². The van der Waals surface area contributed by atoms with Gasteiger partial charge in [-0.15, -0.1) is 5.10 Å². The monoisotopic (exact) mass is 361 g/mol. The molecule has 7 heteroatoms. The predicted molar refractivity (Wildman–Crippen MR) is 95.1 cm³/mol. The molecular formula is C18H23N3O3S. The zero-order valence-electron chi connectivity index (χ0n) is 14.8. The molecule has 1 saturated heterocycles. The lowest BCUT2D eigenvalue weighted by Gasteiger charge is -2.31. The number of hydrogen-bond donors (Lipinski definition) is 0. The maximum Gasteiger partial charge on any atom is 0.243 e. The molecule has 1 fully saturated rings. The summed E-state index contributed by atoms with van der Waals surface area (Å²) >= 11 is 0. The molecule has 1 aliphatic heterocycles. The lowest BCUT2D eigenvalue weighted by molar-refractivity contribution is 0.128. The van der Waals surface area contributed by atoms with Gasteiger partial charge >= 0.3 is 0 Å². The van der Waals surface area contributed by atoms with Gasteiger partial charge in [0.1, 0.15) is 6.10 Å². The van der Waals surface area contributed by atoms with Gasteiger partial charge in [0.25, 0.3) is 0 Å². The highest BCUT2D eigenvalue weighted by Gasteiger charge is 2.32. The van der Waals surface area contributed by atoms with Crippen molar-refractivity contribution in [1.82, 2.24) is 14.5 Å². The second-order valence-electron chi connectivity index (χ2n) is 6.51. The van der Waals surface area contributed by atoms with Crippen LogP contribution in [-0.4, -0.2) is 42.1 Å². The molecular weight excluding hydrogens is 338 g/mol. The standard InChI is InChI=1S/C18H23N3O3S/c1-13-11-14(2)18(15(3)12-13)25(22,23)21-9-6-16(7-10-21)24-17-5-4-8-19-20-17/h4-5,8,11-12,16H,6-7,9-10H2,1-3H3. The molecule has 6 nitrogen and oxygen atoms in total. The molecule has 1 aliphatic rings. The number of piperidine rings is 1. The molecule has 0 N–H and O–H groups in total. The molecule has 0 saturated carbocycles. The van der Waals surface area contributed by atoms with Crippen molar-refractivity contribution in [2.24, 2.45) is 0 Å². The number of aromatic nitrogens is 2. The van der Waals surface area contributed by atoms with Crippen molar-refractivity contribution in [3.8, 4) is 5.88 Å². The minimum absolute atomic E-state index is 0.0386. The predicted octanol–water partition coefficient (Wildman–Crippen LogP) is 2.63. The topological polar surface area (TPSA) is 72.4 Å². The molecule has 0 bridgehead atoms. The fourth-order valence-corrected chi connectivity index (χ4v) is 5.30. The minimum atomic E-state index is -3.49. The van der Waals surface area contributed by atoms with E-state index in [0.717, 1.165) is 16.7 Å². The molecule has 0 radical (unpaired) electrons. The minimum Gasteiger partial charge on any atom is -0.473 e. The Bertz CT molecular complexity index is 822. The quantitative estimate of drug-likeness (QED) is 0.837. The first kappa shape index (κ1) is 17.8. The third-order valence-electron chi connectivity index (χ3n) is 4.44. The Labute approximate surface area is 148 Å². The highest BCUT2D eigenvalue weighted by atomic mass is 32.2. The Morgan fingerprint density at radius 1 is 1.12 bits per heavy atom. The molecule has 1 aromatic heterocycles. The first-order valence-corrected chi connectivity index (χ1v) is 9.84. The second kappa shape index (κ2) is 7.09. The van der Waals surface area contributed by atoms with E-state index >= 15 is 0 Å². The zero-order chi connectivity index (χ0) is 18.0. The summed E-state index contributed by atoms with van der Waals surface area (Å²) in [6.45, 7) is 6.58. The lowest BCUT2D eigenvalue weighted by atomic mass is 10.1. The van der Waals surface area contributed by atoms with Gasteiger partial charge in [-0.2, -0.15) is 9.40 Å². The van der Waals surface area contributed by atoms with Gasteiger partial charge in [0.15, 0.2) is 0 Å². The Kier molecular flexibility index (Phi) is 5.06. The van der Waals surface area contributed by atoms with E-state index in [4.69, 9.17) is 4.74 Å². The van der Waals surface area contributed by atoms with E-state index in [1.54, 1.807) is 22.6 Å². The van der Waals surface area contributed by atoms with Crippen molar-refractivity contribution in [3.63, 3.8) is 0 Å². The molecule has 0 amide bonds. The highest BCUT2D eigenvalue weighted by molar-refractivity contribution is 7.89. The largest absolute Gasteiger partial charge is 0.473 e. The number of benzene rings is 1. The summed E-state index contributed by atoms with van der Waals surface area (Å²) in [6, 6.07) is 7.37. The van der Waals surface area contributed by atoms with E-state index in [2.05, 4.69) is 10.2 Å². The number of ether oxygens (including phenoxy) is 1. The smallest absolute Gasteiger partial charge is 0.243 e. The van der Waals surface area contributed by atoms with E-state index in [0.29, 0.717) is 36.7 Å². The number of sulfonamides is 1. The van der Waals surface area contributed by atoms with Crippen molar-refractivity contribution < 1.29 is 13.2 Å². The highest BCUT2D eigenvalue weighted by Crippen LogP contribution is 2.28. The van der Waals surface area contributed by atoms with Crippen molar-refractivity contribution in [2.45, 2.75) is 44.6 Å². The average Bonchev–Trinajstić information content (AvgIpc) is 2.55. The lowest BCUT2D eigenvalue weighted by Crippen LogP contribution is -2.42. The average molecular weight is 361 g/mol. The summed E-state index contributed by atoms with van der Waals surface area (Å²) in [7, 11) is -3.49. The SMILES string of the molecule is Cc1cc(C)c(S(=O)(=O)N2CCC(Oc3cccnn3)CC2)c(C)c1. The number of hydrogen-bond acceptors (Lipinski definition) is 5. The van der Waals surface area contributed by atoms with Crippen LogP contribution in [0.2, 0.25) is 0 Å². The molecule has 0 atom stereocenters. The maximum atomic E-state index is 13.1. The molecule has 25 heavy (non-hydrogen) atoms. The number of nitrogens with zero attached hydrogens (tertiary/aromatic N) is 3. The van der Waals surface area contributed by atoms with Crippen LogP contribution in [0.3, 0.4) is 0 Å². The summed E-state index contributed by atoms with van der Waals surface area (Å²) in [6.07, 6.45) is 2.83. The van der Waals surface area contributed by atoms with Crippen LogP contribution in [0.25, 0.3) is 0 Å². The van der Waals surface area contributed by atoms with Crippen LogP contribution < -0.4 is 4.74 Å². The molecule has 1 aromatic carbocycles. The third-order valence-corrected chi connectivity index (χ3v) is 6.64. The van der Waals surface area contributed by atoms with E-state index in [1.165, 1.54) is 0 Å². The molecule has 0 unspecified atom stereocenters. The van der Waals surface area contributed by atoms with Crippen LogP contribution in [-0.2, 0) is 10.0 Å². The Hall–Kier alpha value is -1.99. The first-order valence-electron chi connectivity index (χ1n) is 8.40. The van der Waals surface area contributed by atoms with Gasteiger partial charge in [0.05, 0.1) is 4.90 Å². The molecule has 0 aliphatic carbocycles. The van der Waals surface area contributed by atoms with Crippen molar-refractivity contribution in [2.75, 3.05) is 13.1 Å². The van der Waals surface area contributed by atoms with Gasteiger partial charge in [0.2, 0.25) is 15.9 Å². The molecule has 2 aromatic rings. The van der Waals surface area contributed by atoms with E-state index < -0.39 is 10.0 Å².